The van der Waals surface area contributed by atoms with Gasteiger partial charge in [0.15, 0.2) is 0 Å². The molecule has 1 unspecified atom stereocenters. The third-order valence-corrected chi connectivity index (χ3v) is 2.54. The Bertz CT molecular complexity index is 189. The fourth-order valence-corrected chi connectivity index (χ4v) is 1.77. The van der Waals surface area contributed by atoms with Crippen molar-refractivity contribution in [1.82, 2.24) is 9.80 Å². The van der Waals surface area contributed by atoms with E-state index in [1.54, 1.807) is 0 Å². The highest BCUT2D eigenvalue weighted by atomic mass is 15.3. The van der Waals surface area contributed by atoms with Gasteiger partial charge in [0.25, 0.3) is 0 Å². The third kappa shape index (κ3) is 2.21. The van der Waals surface area contributed by atoms with Crippen LogP contribution in [-0.2, 0) is 0 Å². The topological polar surface area (TPSA) is 18.8 Å². The number of aliphatic imine (C=N–C) groups is 1. The van der Waals surface area contributed by atoms with Gasteiger partial charge in [0.1, 0.15) is 5.84 Å². The van der Waals surface area contributed by atoms with Gasteiger partial charge < -0.3 is 4.90 Å². The second-order valence-electron chi connectivity index (χ2n) is 3.54. The summed E-state index contributed by atoms with van der Waals surface area (Å²) in [5, 5.41) is 0. The minimum absolute atomic E-state index is 0.652. The molecule has 13 heavy (non-hydrogen) atoms. The molecule has 0 aromatic rings. The summed E-state index contributed by atoms with van der Waals surface area (Å²) in [5.74, 6) is 1.30. The molecule has 2 aliphatic heterocycles. The van der Waals surface area contributed by atoms with Crippen LogP contribution >= 0.6 is 0 Å². The molecule has 2 heterocycles. The molecule has 3 heteroatoms. The van der Waals surface area contributed by atoms with Gasteiger partial charge in [-0.05, 0) is 14.0 Å². The van der Waals surface area contributed by atoms with E-state index < -0.39 is 0 Å². The Kier molecular flexibility index (Phi) is 3.72. The van der Waals surface area contributed by atoms with Crippen LogP contribution in [0.3, 0.4) is 0 Å². The Morgan fingerprint density at radius 1 is 1.31 bits per heavy atom. The molecule has 0 aliphatic carbocycles. The van der Waals surface area contributed by atoms with E-state index in [-0.39, 0.29) is 0 Å². The van der Waals surface area contributed by atoms with Crippen LogP contribution in [0.2, 0.25) is 0 Å². The fraction of sp³-hybridized carbons (Fsp3) is 0.900. The number of nitrogens with zero attached hydrogens (tertiary/aromatic N) is 3. The van der Waals surface area contributed by atoms with Crippen LogP contribution in [-0.4, -0.2) is 54.9 Å². The molecular weight excluding hydrogens is 162 g/mol. The van der Waals surface area contributed by atoms with Crippen molar-refractivity contribution < 1.29 is 0 Å². The van der Waals surface area contributed by atoms with E-state index in [0.717, 1.165) is 19.6 Å². The zero-order valence-corrected chi connectivity index (χ0v) is 9.25. The van der Waals surface area contributed by atoms with Crippen LogP contribution in [0.15, 0.2) is 4.99 Å². The SMILES string of the molecule is CC.CC1CN=C2CN(C)CCN21. The van der Waals surface area contributed by atoms with Gasteiger partial charge in [0, 0.05) is 19.1 Å². The molecule has 0 N–H and O–H groups in total. The largest absolute Gasteiger partial charge is 0.353 e. The second-order valence-corrected chi connectivity index (χ2v) is 3.54. The lowest BCUT2D eigenvalue weighted by molar-refractivity contribution is 0.248. The second kappa shape index (κ2) is 4.61. The predicted molar refractivity (Wildman–Crippen MR) is 57.3 cm³/mol. The highest BCUT2D eigenvalue weighted by molar-refractivity contribution is 5.86. The van der Waals surface area contributed by atoms with Crippen molar-refractivity contribution in [2.45, 2.75) is 26.8 Å². The van der Waals surface area contributed by atoms with Gasteiger partial charge in [-0.25, -0.2) is 0 Å². The van der Waals surface area contributed by atoms with E-state index in [2.05, 4.69) is 28.8 Å². The Balaban J connectivity index is 0.000000396. The van der Waals surface area contributed by atoms with Crippen LogP contribution in [0.25, 0.3) is 0 Å². The summed E-state index contributed by atoms with van der Waals surface area (Å²) in [7, 11) is 2.16. The third-order valence-electron chi connectivity index (χ3n) is 2.54. The van der Waals surface area contributed by atoms with Gasteiger partial charge in [-0.3, -0.25) is 9.89 Å². The average Bonchev–Trinajstić information content (AvgIpc) is 2.51. The maximum Gasteiger partial charge on any atom is 0.114 e. The number of likely N-dealkylation sites (N-methyl/N-ethyl adjacent to an activating group) is 1. The Morgan fingerprint density at radius 3 is 2.69 bits per heavy atom. The van der Waals surface area contributed by atoms with Crippen molar-refractivity contribution in [1.29, 1.82) is 0 Å². The van der Waals surface area contributed by atoms with Crippen LogP contribution < -0.4 is 0 Å². The van der Waals surface area contributed by atoms with Crippen LogP contribution in [0.5, 0.6) is 0 Å². The molecule has 0 radical (unpaired) electrons. The van der Waals surface area contributed by atoms with E-state index in [9.17, 15) is 0 Å². The van der Waals surface area contributed by atoms with Crippen molar-refractivity contribution in [3.8, 4) is 0 Å². The Morgan fingerprint density at radius 2 is 2.00 bits per heavy atom. The number of hydrogen-bond donors (Lipinski definition) is 0. The number of amidine groups is 1. The highest BCUT2D eigenvalue weighted by Crippen LogP contribution is 2.13. The summed E-state index contributed by atoms with van der Waals surface area (Å²) in [6.07, 6.45) is 0. The van der Waals surface area contributed by atoms with Crippen molar-refractivity contribution >= 4 is 5.84 Å². The van der Waals surface area contributed by atoms with Gasteiger partial charge in [-0.1, -0.05) is 13.8 Å². The molecule has 0 aromatic heterocycles. The summed E-state index contributed by atoms with van der Waals surface area (Å²) < 4.78 is 0. The quantitative estimate of drug-likeness (QED) is 0.559. The van der Waals surface area contributed by atoms with E-state index in [1.807, 2.05) is 13.8 Å². The standard InChI is InChI=1S/C8H15N3.C2H6/c1-7-5-9-8-6-10(2)3-4-11(7)8;1-2/h7H,3-6H2,1-2H3;1-2H3. The summed E-state index contributed by atoms with van der Waals surface area (Å²) in [6, 6.07) is 0.652. The molecule has 1 atom stereocenters. The molecule has 2 aliphatic rings. The minimum atomic E-state index is 0.652. The molecule has 0 spiro atoms. The van der Waals surface area contributed by atoms with Crippen molar-refractivity contribution in [3.63, 3.8) is 0 Å². The van der Waals surface area contributed by atoms with E-state index in [0.29, 0.717) is 6.04 Å². The van der Waals surface area contributed by atoms with Crippen LogP contribution in [0.4, 0.5) is 0 Å². The lowest BCUT2D eigenvalue weighted by Gasteiger charge is -2.34. The molecule has 3 nitrogen and oxygen atoms in total. The average molecular weight is 183 g/mol. The highest BCUT2D eigenvalue weighted by Gasteiger charge is 2.27. The maximum atomic E-state index is 4.49. The van der Waals surface area contributed by atoms with Crippen LogP contribution in [0.1, 0.15) is 20.8 Å². The van der Waals surface area contributed by atoms with Gasteiger partial charge in [0.2, 0.25) is 0 Å². The monoisotopic (exact) mass is 183 g/mol. The predicted octanol–water partition coefficient (Wildman–Crippen LogP) is 1.06. The van der Waals surface area contributed by atoms with Crippen molar-refractivity contribution in [3.05, 3.63) is 0 Å². The van der Waals surface area contributed by atoms with Gasteiger partial charge in [-0.2, -0.15) is 0 Å². The minimum Gasteiger partial charge on any atom is -0.353 e. The molecule has 1 fully saturated rings. The van der Waals surface area contributed by atoms with E-state index >= 15 is 0 Å². The van der Waals surface area contributed by atoms with Crippen LogP contribution in [0, 0.1) is 0 Å². The molecular formula is C10H21N3. The summed E-state index contributed by atoms with van der Waals surface area (Å²) in [6.45, 7) is 10.6. The number of rotatable bonds is 0. The molecule has 0 bridgehead atoms. The number of fused-ring (bicyclic) bond motifs is 1. The summed E-state index contributed by atoms with van der Waals surface area (Å²) >= 11 is 0. The first-order chi connectivity index (χ1) is 6.27. The summed E-state index contributed by atoms with van der Waals surface area (Å²) in [4.78, 5) is 9.25. The van der Waals surface area contributed by atoms with Gasteiger partial charge in [0.05, 0.1) is 13.1 Å². The zero-order chi connectivity index (χ0) is 9.84. The molecule has 0 amide bonds. The Labute approximate surface area is 81.4 Å². The molecule has 0 aromatic carbocycles. The fourth-order valence-electron chi connectivity index (χ4n) is 1.77. The molecule has 76 valence electrons. The maximum absolute atomic E-state index is 4.49. The first-order valence-corrected chi connectivity index (χ1v) is 5.26. The Hall–Kier alpha value is -0.570. The normalized spacial score (nSPS) is 27.5. The first kappa shape index (κ1) is 10.5. The summed E-state index contributed by atoms with van der Waals surface area (Å²) in [5.41, 5.74) is 0. The van der Waals surface area contributed by atoms with E-state index in [4.69, 9.17) is 0 Å². The van der Waals surface area contributed by atoms with Crippen molar-refractivity contribution in [2.24, 2.45) is 4.99 Å². The molecule has 0 saturated carbocycles. The molecule has 1 saturated heterocycles. The number of hydrogen-bond acceptors (Lipinski definition) is 3. The van der Waals surface area contributed by atoms with Gasteiger partial charge in [-0.15, -0.1) is 0 Å². The smallest absolute Gasteiger partial charge is 0.114 e. The van der Waals surface area contributed by atoms with E-state index in [1.165, 1.54) is 12.4 Å². The first-order valence-electron chi connectivity index (χ1n) is 5.26. The molecule has 2 rings (SSSR count). The zero-order valence-electron chi connectivity index (χ0n) is 9.25. The lowest BCUT2D eigenvalue weighted by atomic mass is 10.2. The van der Waals surface area contributed by atoms with Gasteiger partial charge >= 0.3 is 0 Å². The lowest BCUT2D eigenvalue weighted by Crippen LogP contribution is -2.49. The van der Waals surface area contributed by atoms with Crippen molar-refractivity contribution in [2.75, 3.05) is 33.2 Å². The number of piperazine rings is 1.